The van der Waals surface area contributed by atoms with Crippen LogP contribution in [0.3, 0.4) is 0 Å². The van der Waals surface area contributed by atoms with Crippen LogP contribution in [0.1, 0.15) is 5.82 Å². The van der Waals surface area contributed by atoms with Crippen molar-refractivity contribution in [3.05, 3.63) is 28.3 Å². The zero-order chi connectivity index (χ0) is 14.7. The van der Waals surface area contributed by atoms with E-state index < -0.39 is 0 Å². The van der Waals surface area contributed by atoms with Crippen molar-refractivity contribution in [1.82, 2.24) is 9.97 Å². The SMILES string of the molecule is COc1cc2nc(CSC(=N)N)[nH]c(=O)c2cc1OC. The van der Waals surface area contributed by atoms with Crippen LogP contribution in [-0.2, 0) is 5.75 Å². The number of ether oxygens (including phenoxy) is 2. The fourth-order valence-electron chi connectivity index (χ4n) is 1.73. The number of fused-ring (bicyclic) bond motifs is 1. The van der Waals surface area contributed by atoms with Gasteiger partial charge in [-0.15, -0.1) is 0 Å². The maximum atomic E-state index is 12.0. The minimum Gasteiger partial charge on any atom is -0.493 e. The molecule has 0 aliphatic carbocycles. The minimum absolute atomic E-state index is 0.0277. The number of thioether (sulfide) groups is 1. The van der Waals surface area contributed by atoms with Gasteiger partial charge >= 0.3 is 0 Å². The number of benzene rings is 1. The molecule has 1 heterocycles. The Hall–Kier alpha value is -2.22. The van der Waals surface area contributed by atoms with Crippen LogP contribution in [0.4, 0.5) is 0 Å². The van der Waals surface area contributed by atoms with Gasteiger partial charge in [0.05, 0.1) is 30.9 Å². The van der Waals surface area contributed by atoms with E-state index in [2.05, 4.69) is 9.97 Å². The van der Waals surface area contributed by atoms with Crippen LogP contribution in [-0.4, -0.2) is 29.4 Å². The van der Waals surface area contributed by atoms with E-state index in [1.165, 1.54) is 14.2 Å². The third-order valence-electron chi connectivity index (χ3n) is 2.62. The molecule has 1 aromatic heterocycles. The first-order valence-corrected chi connectivity index (χ1v) is 6.65. The molecule has 20 heavy (non-hydrogen) atoms. The minimum atomic E-state index is -0.268. The van der Waals surface area contributed by atoms with Gasteiger partial charge in [0, 0.05) is 6.07 Å². The Balaban J connectivity index is 2.53. The van der Waals surface area contributed by atoms with E-state index in [1.54, 1.807) is 12.1 Å². The fourth-order valence-corrected chi connectivity index (χ4v) is 2.16. The molecule has 106 valence electrons. The van der Waals surface area contributed by atoms with Gasteiger partial charge < -0.3 is 20.2 Å². The fraction of sp³-hybridized carbons (Fsp3) is 0.250. The number of nitrogens with one attached hydrogen (secondary N) is 2. The van der Waals surface area contributed by atoms with Gasteiger partial charge in [-0.05, 0) is 6.07 Å². The van der Waals surface area contributed by atoms with Crippen molar-refractivity contribution in [3.63, 3.8) is 0 Å². The highest BCUT2D eigenvalue weighted by Crippen LogP contribution is 2.30. The summed E-state index contributed by atoms with van der Waals surface area (Å²) in [5, 5.41) is 7.55. The van der Waals surface area contributed by atoms with Crippen LogP contribution in [0.5, 0.6) is 11.5 Å². The van der Waals surface area contributed by atoms with Gasteiger partial charge in [0.15, 0.2) is 16.7 Å². The Morgan fingerprint density at radius 3 is 2.65 bits per heavy atom. The topological polar surface area (TPSA) is 114 Å². The molecule has 2 aromatic rings. The second-order valence-corrected chi connectivity index (χ2v) is 4.91. The summed E-state index contributed by atoms with van der Waals surface area (Å²) >= 11 is 1.09. The normalized spacial score (nSPS) is 10.5. The van der Waals surface area contributed by atoms with E-state index in [1.807, 2.05) is 0 Å². The highest BCUT2D eigenvalue weighted by Gasteiger charge is 2.11. The van der Waals surface area contributed by atoms with Gasteiger partial charge in [-0.2, -0.15) is 0 Å². The van der Waals surface area contributed by atoms with E-state index in [9.17, 15) is 4.79 Å². The number of aromatic nitrogens is 2. The van der Waals surface area contributed by atoms with Crippen LogP contribution in [0.25, 0.3) is 10.9 Å². The van der Waals surface area contributed by atoms with Crippen molar-refractivity contribution in [1.29, 1.82) is 5.41 Å². The smallest absolute Gasteiger partial charge is 0.258 e. The summed E-state index contributed by atoms with van der Waals surface area (Å²) in [5.41, 5.74) is 5.50. The number of nitrogens with two attached hydrogens (primary N) is 1. The first kappa shape index (κ1) is 14.2. The predicted molar refractivity (Wildman–Crippen MR) is 78.7 cm³/mol. The lowest BCUT2D eigenvalue weighted by Crippen LogP contribution is -2.13. The maximum absolute atomic E-state index is 12.0. The Morgan fingerprint density at radius 2 is 2.05 bits per heavy atom. The highest BCUT2D eigenvalue weighted by molar-refractivity contribution is 8.12. The largest absolute Gasteiger partial charge is 0.493 e. The van der Waals surface area contributed by atoms with Crippen molar-refractivity contribution in [3.8, 4) is 11.5 Å². The molecule has 0 spiro atoms. The molecule has 0 fully saturated rings. The number of H-pyrrole nitrogens is 1. The summed E-state index contributed by atoms with van der Waals surface area (Å²) in [6, 6.07) is 3.23. The number of rotatable bonds is 4. The Labute approximate surface area is 119 Å². The Morgan fingerprint density at radius 1 is 1.40 bits per heavy atom. The number of nitrogens with zero attached hydrogens (tertiary/aromatic N) is 1. The van der Waals surface area contributed by atoms with E-state index in [4.69, 9.17) is 20.6 Å². The standard InChI is InChI=1S/C12H14N4O3S/c1-18-8-3-6-7(4-9(8)19-2)15-10(16-11(6)17)5-20-12(13)14/h3-4H,5H2,1-2H3,(H3,13,14)(H,15,16,17). The molecule has 0 amide bonds. The summed E-state index contributed by atoms with van der Waals surface area (Å²) in [6.45, 7) is 0. The van der Waals surface area contributed by atoms with Gasteiger partial charge in [-0.25, -0.2) is 4.98 Å². The van der Waals surface area contributed by atoms with E-state index in [0.717, 1.165) is 11.8 Å². The number of methoxy groups -OCH3 is 2. The van der Waals surface area contributed by atoms with Crippen LogP contribution in [0.15, 0.2) is 16.9 Å². The molecule has 1 aromatic carbocycles. The lowest BCUT2D eigenvalue weighted by atomic mass is 10.2. The molecule has 8 heteroatoms. The van der Waals surface area contributed by atoms with Crippen molar-refractivity contribution in [2.24, 2.45) is 5.73 Å². The molecule has 0 saturated carbocycles. The Kier molecular flexibility index (Phi) is 4.14. The zero-order valence-electron chi connectivity index (χ0n) is 11.0. The third kappa shape index (κ3) is 2.85. The summed E-state index contributed by atoms with van der Waals surface area (Å²) in [4.78, 5) is 19.0. The molecule has 0 unspecified atom stereocenters. The second kappa shape index (κ2) is 5.83. The number of hydrogen-bond acceptors (Lipinski definition) is 6. The maximum Gasteiger partial charge on any atom is 0.258 e. The van der Waals surface area contributed by atoms with Gasteiger partial charge in [0.1, 0.15) is 5.82 Å². The molecule has 0 aliphatic heterocycles. The Bertz CT molecular complexity index is 714. The van der Waals surface area contributed by atoms with Gasteiger partial charge in [-0.3, -0.25) is 10.2 Å². The molecule has 7 nitrogen and oxygen atoms in total. The number of aromatic amines is 1. The summed E-state index contributed by atoms with van der Waals surface area (Å²) < 4.78 is 10.3. The summed E-state index contributed by atoms with van der Waals surface area (Å²) in [7, 11) is 3.02. The monoisotopic (exact) mass is 294 g/mol. The first-order chi connectivity index (χ1) is 9.55. The van der Waals surface area contributed by atoms with Crippen molar-refractivity contribution >= 4 is 27.8 Å². The average molecular weight is 294 g/mol. The van der Waals surface area contributed by atoms with Crippen LogP contribution in [0.2, 0.25) is 0 Å². The number of amidine groups is 1. The van der Waals surface area contributed by atoms with Crippen LogP contribution in [0, 0.1) is 5.41 Å². The van der Waals surface area contributed by atoms with Gasteiger partial charge in [0.2, 0.25) is 0 Å². The lowest BCUT2D eigenvalue weighted by Gasteiger charge is -2.09. The molecule has 0 bridgehead atoms. The van der Waals surface area contributed by atoms with Crippen molar-refractivity contribution in [2.45, 2.75) is 5.75 Å². The molecule has 0 aliphatic rings. The molecular formula is C12H14N4O3S. The quantitative estimate of drug-likeness (QED) is 0.574. The second-order valence-electron chi connectivity index (χ2n) is 3.89. The molecule has 2 rings (SSSR count). The predicted octanol–water partition coefficient (Wildman–Crippen LogP) is 1.07. The first-order valence-electron chi connectivity index (χ1n) is 5.67. The molecule has 0 atom stereocenters. The number of hydrogen-bond donors (Lipinski definition) is 3. The highest BCUT2D eigenvalue weighted by atomic mass is 32.2. The van der Waals surface area contributed by atoms with Crippen LogP contribution >= 0.6 is 11.8 Å². The molecule has 0 saturated heterocycles. The molecule has 0 radical (unpaired) electrons. The molecule has 4 N–H and O–H groups in total. The average Bonchev–Trinajstić information content (AvgIpc) is 2.43. The summed E-state index contributed by atoms with van der Waals surface area (Å²) in [6.07, 6.45) is 0. The molecular weight excluding hydrogens is 280 g/mol. The van der Waals surface area contributed by atoms with Crippen molar-refractivity contribution in [2.75, 3.05) is 14.2 Å². The van der Waals surface area contributed by atoms with E-state index in [0.29, 0.717) is 34.0 Å². The third-order valence-corrected chi connectivity index (χ3v) is 3.35. The van der Waals surface area contributed by atoms with E-state index >= 15 is 0 Å². The van der Waals surface area contributed by atoms with Crippen molar-refractivity contribution < 1.29 is 9.47 Å². The van der Waals surface area contributed by atoms with E-state index in [-0.39, 0.29) is 10.7 Å². The zero-order valence-corrected chi connectivity index (χ0v) is 11.8. The summed E-state index contributed by atoms with van der Waals surface area (Å²) in [5.74, 6) is 1.76. The lowest BCUT2D eigenvalue weighted by molar-refractivity contribution is 0.355. The van der Waals surface area contributed by atoms with Gasteiger partial charge in [-0.1, -0.05) is 11.8 Å². The van der Waals surface area contributed by atoms with Gasteiger partial charge in [0.25, 0.3) is 5.56 Å². The van der Waals surface area contributed by atoms with Crippen LogP contribution < -0.4 is 20.8 Å².